The molecular formula is C20H31N3O2. The van der Waals surface area contributed by atoms with Gasteiger partial charge in [0.05, 0.1) is 5.60 Å². The maximum absolute atomic E-state index is 11.8. The Kier molecular flexibility index (Phi) is 5.64. The molecule has 1 aliphatic carbocycles. The van der Waals surface area contributed by atoms with E-state index in [1.54, 1.807) is 0 Å². The Bertz CT molecular complexity index is 603. The predicted octanol–water partition coefficient (Wildman–Crippen LogP) is 3.16. The van der Waals surface area contributed by atoms with Crippen molar-refractivity contribution in [1.82, 2.24) is 5.43 Å². The van der Waals surface area contributed by atoms with E-state index in [4.69, 9.17) is 10.6 Å². The molecule has 1 heterocycles. The van der Waals surface area contributed by atoms with Crippen LogP contribution in [0.15, 0.2) is 18.2 Å². The smallest absolute Gasteiger partial charge is 0.265 e. The van der Waals surface area contributed by atoms with Gasteiger partial charge in [-0.25, -0.2) is 5.84 Å². The third-order valence-electron chi connectivity index (χ3n) is 6.32. The molecule has 1 amide bonds. The largest absolute Gasteiger partial charge is 0.378 e. The van der Waals surface area contributed by atoms with E-state index in [-0.39, 0.29) is 11.5 Å². The van der Waals surface area contributed by atoms with Crippen LogP contribution in [0.1, 0.15) is 60.9 Å². The van der Waals surface area contributed by atoms with Crippen molar-refractivity contribution in [2.45, 2.75) is 57.5 Å². The topological polar surface area (TPSA) is 67.6 Å². The van der Waals surface area contributed by atoms with Crippen molar-refractivity contribution in [3.63, 3.8) is 0 Å². The van der Waals surface area contributed by atoms with Crippen molar-refractivity contribution in [3.8, 4) is 0 Å². The molecule has 2 aliphatic rings. The summed E-state index contributed by atoms with van der Waals surface area (Å²) in [6.07, 6.45) is 8.87. The lowest BCUT2D eigenvalue weighted by Gasteiger charge is -2.47. The Morgan fingerprint density at radius 2 is 1.92 bits per heavy atom. The van der Waals surface area contributed by atoms with Crippen LogP contribution in [0.5, 0.6) is 0 Å². The number of aryl methyl sites for hydroxylation is 1. The van der Waals surface area contributed by atoms with Crippen molar-refractivity contribution >= 4 is 11.6 Å². The molecule has 0 spiro atoms. The number of nitrogens with two attached hydrogens (primary N) is 1. The van der Waals surface area contributed by atoms with Crippen LogP contribution in [-0.4, -0.2) is 31.7 Å². The van der Waals surface area contributed by atoms with Gasteiger partial charge in [0.1, 0.15) is 0 Å². The van der Waals surface area contributed by atoms with Gasteiger partial charge in [0, 0.05) is 31.5 Å². The summed E-state index contributed by atoms with van der Waals surface area (Å²) in [5, 5.41) is 0. The predicted molar refractivity (Wildman–Crippen MR) is 101 cm³/mol. The van der Waals surface area contributed by atoms with Crippen molar-refractivity contribution in [3.05, 3.63) is 29.3 Å². The molecule has 0 atom stereocenters. The molecule has 0 radical (unpaired) electrons. The molecule has 1 saturated carbocycles. The van der Waals surface area contributed by atoms with Gasteiger partial charge in [-0.05, 0) is 62.3 Å². The number of piperidine rings is 1. The number of anilines is 1. The molecule has 1 aromatic rings. The molecule has 3 rings (SSSR count). The van der Waals surface area contributed by atoms with Gasteiger partial charge < -0.3 is 9.64 Å². The number of hydrazine groups is 1. The SMILES string of the molecule is COC1(C2CCCCC2)CCN(c2ccc(C(=O)NN)c(C)c2)CC1. The number of amides is 1. The summed E-state index contributed by atoms with van der Waals surface area (Å²) >= 11 is 0. The van der Waals surface area contributed by atoms with E-state index < -0.39 is 0 Å². The van der Waals surface area contributed by atoms with E-state index in [0.29, 0.717) is 11.5 Å². The zero-order valence-corrected chi connectivity index (χ0v) is 15.5. The summed E-state index contributed by atoms with van der Waals surface area (Å²) in [6, 6.07) is 5.98. The van der Waals surface area contributed by atoms with Crippen LogP contribution in [0.3, 0.4) is 0 Å². The van der Waals surface area contributed by atoms with E-state index in [1.165, 1.54) is 37.8 Å². The fourth-order valence-corrected chi connectivity index (χ4v) is 4.73. The van der Waals surface area contributed by atoms with E-state index in [2.05, 4.69) is 16.4 Å². The number of hydrogen-bond acceptors (Lipinski definition) is 4. The molecule has 1 saturated heterocycles. The molecule has 5 heteroatoms. The van der Waals surface area contributed by atoms with Crippen LogP contribution in [0.2, 0.25) is 0 Å². The molecular weight excluding hydrogens is 314 g/mol. The van der Waals surface area contributed by atoms with Crippen LogP contribution < -0.4 is 16.2 Å². The number of ether oxygens (including phenoxy) is 1. The van der Waals surface area contributed by atoms with E-state index >= 15 is 0 Å². The minimum absolute atomic E-state index is 0.0609. The second kappa shape index (κ2) is 7.75. The number of carbonyl (C=O) groups is 1. The highest BCUT2D eigenvalue weighted by Crippen LogP contribution is 2.42. The van der Waals surface area contributed by atoms with Gasteiger partial charge in [-0.3, -0.25) is 10.2 Å². The molecule has 1 aliphatic heterocycles. The maximum Gasteiger partial charge on any atom is 0.265 e. The van der Waals surface area contributed by atoms with E-state index in [0.717, 1.165) is 31.5 Å². The highest BCUT2D eigenvalue weighted by molar-refractivity contribution is 5.95. The molecule has 1 aromatic carbocycles. The Hall–Kier alpha value is -1.59. The van der Waals surface area contributed by atoms with Gasteiger partial charge >= 0.3 is 0 Å². The first kappa shape index (κ1) is 18.2. The van der Waals surface area contributed by atoms with E-state index in [9.17, 15) is 4.79 Å². The van der Waals surface area contributed by atoms with Gasteiger partial charge in [0.2, 0.25) is 0 Å². The van der Waals surface area contributed by atoms with Crippen molar-refractivity contribution < 1.29 is 9.53 Å². The third-order valence-corrected chi connectivity index (χ3v) is 6.32. The average molecular weight is 345 g/mol. The Morgan fingerprint density at radius 1 is 1.24 bits per heavy atom. The minimum Gasteiger partial charge on any atom is -0.378 e. The fraction of sp³-hybridized carbons (Fsp3) is 0.650. The summed E-state index contributed by atoms with van der Waals surface area (Å²) in [5.74, 6) is 5.72. The molecule has 0 unspecified atom stereocenters. The first-order valence-electron chi connectivity index (χ1n) is 9.51. The third kappa shape index (κ3) is 3.67. The van der Waals surface area contributed by atoms with E-state index in [1.807, 2.05) is 26.2 Å². The highest BCUT2D eigenvalue weighted by atomic mass is 16.5. The number of hydrogen-bond donors (Lipinski definition) is 2. The zero-order valence-electron chi connectivity index (χ0n) is 15.5. The van der Waals surface area contributed by atoms with Crippen LogP contribution in [0, 0.1) is 12.8 Å². The molecule has 0 bridgehead atoms. The molecule has 5 nitrogen and oxygen atoms in total. The number of carbonyl (C=O) groups excluding carboxylic acids is 1. The van der Waals surface area contributed by atoms with Gasteiger partial charge in [-0.15, -0.1) is 0 Å². The van der Waals surface area contributed by atoms with Crippen LogP contribution in [0.4, 0.5) is 5.69 Å². The summed E-state index contributed by atoms with van der Waals surface area (Å²) in [5.41, 5.74) is 5.04. The lowest BCUT2D eigenvalue weighted by molar-refractivity contribution is -0.0856. The number of methoxy groups -OCH3 is 1. The van der Waals surface area contributed by atoms with Gasteiger partial charge in [0.15, 0.2) is 0 Å². The number of benzene rings is 1. The van der Waals surface area contributed by atoms with Crippen molar-refractivity contribution in [2.75, 3.05) is 25.1 Å². The quantitative estimate of drug-likeness (QED) is 0.500. The molecule has 2 fully saturated rings. The lowest BCUT2D eigenvalue weighted by Crippen LogP contribution is -2.50. The van der Waals surface area contributed by atoms with Gasteiger partial charge in [0.25, 0.3) is 5.91 Å². The van der Waals surface area contributed by atoms with Gasteiger partial charge in [-0.2, -0.15) is 0 Å². The lowest BCUT2D eigenvalue weighted by atomic mass is 9.72. The normalized spacial score (nSPS) is 21.2. The first-order valence-corrected chi connectivity index (χ1v) is 9.51. The number of rotatable bonds is 4. The monoisotopic (exact) mass is 345 g/mol. The van der Waals surface area contributed by atoms with Crippen LogP contribution in [-0.2, 0) is 4.74 Å². The maximum atomic E-state index is 11.8. The average Bonchev–Trinajstić information content (AvgIpc) is 2.68. The van der Waals surface area contributed by atoms with Crippen LogP contribution in [0.25, 0.3) is 0 Å². The first-order chi connectivity index (χ1) is 12.1. The minimum atomic E-state index is -0.238. The molecule has 3 N–H and O–H groups in total. The molecule has 25 heavy (non-hydrogen) atoms. The van der Waals surface area contributed by atoms with Crippen LogP contribution >= 0.6 is 0 Å². The van der Waals surface area contributed by atoms with Crippen molar-refractivity contribution in [1.29, 1.82) is 0 Å². The number of nitrogens with zero attached hydrogens (tertiary/aromatic N) is 1. The number of nitrogen functional groups attached to an aromatic ring is 1. The summed E-state index contributed by atoms with van der Waals surface area (Å²) in [7, 11) is 1.90. The van der Waals surface area contributed by atoms with Crippen molar-refractivity contribution in [2.24, 2.45) is 11.8 Å². The summed E-state index contributed by atoms with van der Waals surface area (Å²) in [6.45, 7) is 3.97. The standard InChI is InChI=1S/C20H31N3O2/c1-15-14-17(8-9-18(15)19(24)22-21)23-12-10-20(25-2,11-13-23)16-6-4-3-5-7-16/h8-9,14,16H,3-7,10-13,21H2,1-2H3,(H,22,24). The molecule has 0 aromatic heterocycles. The second-order valence-electron chi connectivity index (χ2n) is 7.56. The van der Waals surface area contributed by atoms with Gasteiger partial charge in [-0.1, -0.05) is 19.3 Å². The Balaban J connectivity index is 1.69. The number of nitrogens with one attached hydrogen (secondary N) is 1. The second-order valence-corrected chi connectivity index (χ2v) is 7.56. The summed E-state index contributed by atoms with van der Waals surface area (Å²) in [4.78, 5) is 14.2. The zero-order chi connectivity index (χ0) is 17.9. The Morgan fingerprint density at radius 3 is 2.48 bits per heavy atom. The Labute approximate surface area is 150 Å². The molecule has 138 valence electrons. The fourth-order valence-electron chi connectivity index (χ4n) is 4.73. The summed E-state index contributed by atoms with van der Waals surface area (Å²) < 4.78 is 6.10. The highest BCUT2D eigenvalue weighted by Gasteiger charge is 2.41.